The number of ether oxygens (including phenoxy) is 2. The molecule has 4 aliphatic rings. The van der Waals surface area contributed by atoms with Crippen molar-refractivity contribution in [2.24, 2.45) is 22.7 Å². The Bertz CT molecular complexity index is 1160. The monoisotopic (exact) mass is 568 g/mol. The normalized spacial score (nSPS) is 36.9. The van der Waals surface area contributed by atoms with Gasteiger partial charge in [0.2, 0.25) is 0 Å². The molecular weight excluding hydrogens is 512 g/mol. The summed E-state index contributed by atoms with van der Waals surface area (Å²) in [5.74, 6) is 0.934. The van der Waals surface area contributed by atoms with Gasteiger partial charge in [0.25, 0.3) is 0 Å². The molecule has 0 spiro atoms. The van der Waals surface area contributed by atoms with Gasteiger partial charge in [0.05, 0.1) is 23.4 Å². The van der Waals surface area contributed by atoms with Gasteiger partial charge >= 0.3 is 0 Å². The molecule has 2 aliphatic carbocycles. The fourth-order valence-electron chi connectivity index (χ4n) is 7.39. The van der Waals surface area contributed by atoms with E-state index in [1.54, 1.807) is 0 Å². The van der Waals surface area contributed by atoms with Crippen molar-refractivity contribution in [2.75, 3.05) is 0 Å². The summed E-state index contributed by atoms with van der Waals surface area (Å²) in [6.45, 7) is 22.7. The molecule has 2 heterocycles. The van der Waals surface area contributed by atoms with Gasteiger partial charge in [-0.2, -0.15) is 0 Å². The minimum Gasteiger partial charge on any atom is -0.366 e. The topological polar surface area (TPSA) is 25.1 Å². The highest BCUT2D eigenvalue weighted by Gasteiger charge is 2.64. The smallest absolute Gasteiger partial charge is 0.0987 e. The Morgan fingerprint density at radius 3 is 1.21 bits per heavy atom. The molecule has 2 nitrogen and oxygen atoms in total. The zero-order valence-corrected chi connectivity index (χ0v) is 28.0. The summed E-state index contributed by atoms with van der Waals surface area (Å²) in [6, 6.07) is 0. The van der Waals surface area contributed by atoms with Crippen molar-refractivity contribution in [3.05, 3.63) is 107 Å². The first kappa shape index (κ1) is 32.5. The number of allylic oxidation sites excluding steroid dienone is 16. The summed E-state index contributed by atoms with van der Waals surface area (Å²) < 4.78 is 12.1. The molecule has 0 aromatic carbocycles. The quantitative estimate of drug-likeness (QED) is 0.193. The van der Waals surface area contributed by atoms with Gasteiger partial charge in [-0.3, -0.25) is 0 Å². The third-order valence-electron chi connectivity index (χ3n) is 10.3. The lowest BCUT2D eigenvalue weighted by Crippen LogP contribution is -2.39. The minimum atomic E-state index is 0.0382. The van der Waals surface area contributed by atoms with Crippen molar-refractivity contribution >= 4 is 0 Å². The number of fused-ring (bicyclic) bond motifs is 2. The fraction of sp³-hybridized carbons (Fsp3) is 0.550. The van der Waals surface area contributed by atoms with E-state index >= 15 is 0 Å². The van der Waals surface area contributed by atoms with E-state index in [-0.39, 0.29) is 22.0 Å². The van der Waals surface area contributed by atoms with Crippen LogP contribution in [0.15, 0.2) is 107 Å². The van der Waals surface area contributed by atoms with E-state index in [4.69, 9.17) is 9.47 Å². The Hall–Kier alpha value is -2.42. The largest absolute Gasteiger partial charge is 0.366 e. The standard InChI is InChI=1S/C40H56O2/c1-29(17-13-19-31(3)21-23-33-37(5,6)27-25-35-39(33,9)41-35)15-11-12-16-30(2)18-14-20-32(4)22-24-34-38(7,8)28-26-36-40(34,10)42-36/h11-24,33-36H,25-28H2,1-10H3/b12-11+,17-13+,18-14+,23-21+,24-22+,29-15+,30-16+,31-19+,32-20+/t33-,34+,35-,36+,39+,40-. The molecule has 0 amide bonds. The van der Waals surface area contributed by atoms with Gasteiger partial charge in [0, 0.05) is 11.8 Å². The van der Waals surface area contributed by atoms with Crippen LogP contribution in [0.3, 0.4) is 0 Å². The van der Waals surface area contributed by atoms with Crippen LogP contribution < -0.4 is 0 Å². The first-order valence-electron chi connectivity index (χ1n) is 16.1. The van der Waals surface area contributed by atoms with Gasteiger partial charge in [-0.1, -0.05) is 135 Å². The molecule has 4 fully saturated rings. The van der Waals surface area contributed by atoms with E-state index in [2.05, 4.69) is 154 Å². The van der Waals surface area contributed by atoms with Crippen molar-refractivity contribution in [1.82, 2.24) is 0 Å². The van der Waals surface area contributed by atoms with Gasteiger partial charge in [-0.05, 0) is 78.1 Å². The summed E-state index contributed by atoms with van der Waals surface area (Å²) in [6.07, 6.45) is 36.6. The lowest BCUT2D eigenvalue weighted by Gasteiger charge is -2.38. The molecule has 42 heavy (non-hydrogen) atoms. The molecule has 6 atom stereocenters. The summed E-state index contributed by atoms with van der Waals surface area (Å²) in [5, 5.41) is 0. The molecule has 4 rings (SSSR count). The predicted molar refractivity (Wildman–Crippen MR) is 180 cm³/mol. The molecule has 2 aliphatic heterocycles. The molecular formula is C40H56O2. The highest BCUT2D eigenvalue weighted by Crippen LogP contribution is 2.59. The highest BCUT2D eigenvalue weighted by molar-refractivity contribution is 5.33. The minimum absolute atomic E-state index is 0.0382. The van der Waals surface area contributed by atoms with Crippen LogP contribution in [0.25, 0.3) is 0 Å². The van der Waals surface area contributed by atoms with Crippen LogP contribution in [0.1, 0.15) is 94.9 Å². The first-order chi connectivity index (χ1) is 19.7. The van der Waals surface area contributed by atoms with Crippen molar-refractivity contribution in [3.8, 4) is 0 Å². The average molecular weight is 569 g/mol. The Balaban J connectivity index is 1.23. The maximum atomic E-state index is 6.07. The molecule has 228 valence electrons. The fourth-order valence-corrected chi connectivity index (χ4v) is 7.39. The second kappa shape index (κ2) is 12.7. The van der Waals surface area contributed by atoms with Crippen molar-refractivity contribution < 1.29 is 9.47 Å². The Morgan fingerprint density at radius 1 is 0.500 bits per heavy atom. The molecule has 0 aromatic heterocycles. The molecule has 0 radical (unpaired) electrons. The predicted octanol–water partition coefficient (Wildman–Crippen LogP) is 10.7. The number of hydrogen-bond donors (Lipinski definition) is 0. The summed E-state index contributed by atoms with van der Waals surface area (Å²) in [7, 11) is 0. The van der Waals surface area contributed by atoms with Crippen LogP contribution in [0.5, 0.6) is 0 Å². The van der Waals surface area contributed by atoms with Crippen molar-refractivity contribution in [3.63, 3.8) is 0 Å². The van der Waals surface area contributed by atoms with Crippen LogP contribution in [0, 0.1) is 22.7 Å². The molecule has 0 unspecified atom stereocenters. The molecule has 0 bridgehead atoms. The first-order valence-corrected chi connectivity index (χ1v) is 16.1. The maximum absolute atomic E-state index is 6.07. The Kier molecular flexibility index (Phi) is 9.80. The van der Waals surface area contributed by atoms with Gasteiger partial charge < -0.3 is 9.47 Å². The van der Waals surface area contributed by atoms with E-state index in [1.165, 1.54) is 48.0 Å². The average Bonchev–Trinajstić information content (AvgIpc) is 3.78. The maximum Gasteiger partial charge on any atom is 0.0987 e. The zero-order valence-electron chi connectivity index (χ0n) is 28.0. The SMILES string of the molecule is CC(/C=C/C=C(C)/C=C/[C@@H]1C(C)(C)CC[C@H]2O[C@@]12C)=C\C=C\C=C(C)\C=C\C=C(C)\C=C\[C@H]1C(C)(C)CC[C@@H]2O[C@@]21C. The molecule has 0 N–H and O–H groups in total. The third-order valence-corrected chi connectivity index (χ3v) is 10.3. The van der Waals surface area contributed by atoms with Crippen LogP contribution >= 0.6 is 0 Å². The molecule has 2 heteroatoms. The van der Waals surface area contributed by atoms with E-state index in [0.29, 0.717) is 24.0 Å². The van der Waals surface area contributed by atoms with Crippen LogP contribution in [-0.2, 0) is 9.47 Å². The molecule has 2 saturated carbocycles. The lowest BCUT2D eigenvalue weighted by atomic mass is 9.64. The van der Waals surface area contributed by atoms with E-state index in [9.17, 15) is 0 Å². The third kappa shape index (κ3) is 7.74. The van der Waals surface area contributed by atoms with Gasteiger partial charge in [-0.25, -0.2) is 0 Å². The van der Waals surface area contributed by atoms with Crippen LogP contribution in [0.4, 0.5) is 0 Å². The lowest BCUT2D eigenvalue weighted by molar-refractivity contribution is 0.135. The van der Waals surface area contributed by atoms with Crippen molar-refractivity contribution in [2.45, 2.75) is 118 Å². The van der Waals surface area contributed by atoms with Crippen molar-refractivity contribution in [1.29, 1.82) is 0 Å². The Morgan fingerprint density at radius 2 is 0.833 bits per heavy atom. The van der Waals surface area contributed by atoms with Gasteiger partial charge in [-0.15, -0.1) is 0 Å². The number of epoxide rings is 2. The number of rotatable bonds is 10. The summed E-state index contributed by atoms with van der Waals surface area (Å²) in [4.78, 5) is 0. The second-order valence-corrected chi connectivity index (χ2v) is 15.1. The Labute approximate surface area is 257 Å². The highest BCUT2D eigenvalue weighted by atomic mass is 16.6. The summed E-state index contributed by atoms with van der Waals surface area (Å²) in [5.41, 5.74) is 5.62. The van der Waals surface area contributed by atoms with Crippen LogP contribution in [0.2, 0.25) is 0 Å². The van der Waals surface area contributed by atoms with Gasteiger partial charge in [0.15, 0.2) is 0 Å². The summed E-state index contributed by atoms with van der Waals surface area (Å²) >= 11 is 0. The zero-order chi connectivity index (χ0) is 30.8. The van der Waals surface area contributed by atoms with Crippen LogP contribution in [-0.4, -0.2) is 23.4 Å². The molecule has 2 saturated heterocycles. The number of hydrogen-bond acceptors (Lipinski definition) is 2. The molecule has 0 aromatic rings. The van der Waals surface area contributed by atoms with Gasteiger partial charge in [0.1, 0.15) is 0 Å². The van der Waals surface area contributed by atoms with E-state index in [1.807, 2.05) is 0 Å². The second-order valence-electron chi connectivity index (χ2n) is 15.1. The van der Waals surface area contributed by atoms with E-state index in [0.717, 1.165) is 0 Å². The van der Waals surface area contributed by atoms with E-state index < -0.39 is 0 Å².